The van der Waals surface area contributed by atoms with Gasteiger partial charge in [-0.15, -0.1) is 0 Å². The zero-order chi connectivity index (χ0) is 12.8. The predicted molar refractivity (Wildman–Crippen MR) is 62.1 cm³/mol. The molecule has 3 N–H and O–H groups in total. The molecule has 0 unspecified atom stereocenters. The van der Waals surface area contributed by atoms with Gasteiger partial charge in [0.1, 0.15) is 5.82 Å². The zero-order valence-corrected chi connectivity index (χ0v) is 9.68. The van der Waals surface area contributed by atoms with Crippen LogP contribution < -0.4 is 10.6 Å². The van der Waals surface area contributed by atoms with Crippen molar-refractivity contribution in [2.75, 3.05) is 24.6 Å². The van der Waals surface area contributed by atoms with E-state index < -0.39 is 13.0 Å². The van der Waals surface area contributed by atoms with Crippen molar-refractivity contribution in [3.8, 4) is 0 Å². The van der Waals surface area contributed by atoms with Gasteiger partial charge in [0.15, 0.2) is 0 Å². The fourth-order valence-corrected chi connectivity index (χ4v) is 1.44. The molecule has 1 aromatic rings. The molecule has 0 amide bonds. The molecule has 0 fully saturated rings. The Morgan fingerprint density at radius 3 is 2.59 bits per heavy atom. The molecule has 0 aliphatic heterocycles. The summed E-state index contributed by atoms with van der Waals surface area (Å²) in [5.74, 6) is 0.420. The molecule has 0 spiro atoms. The number of pyridine rings is 1. The van der Waals surface area contributed by atoms with Crippen molar-refractivity contribution < 1.29 is 13.9 Å². The molecule has 0 aromatic carbocycles. The second-order valence-corrected chi connectivity index (χ2v) is 3.80. The Balaban J connectivity index is 2.79. The lowest BCUT2D eigenvalue weighted by Gasteiger charge is -2.22. The van der Waals surface area contributed by atoms with Gasteiger partial charge in [-0.2, -0.15) is 0 Å². The maximum Gasteiger partial charge on any atom is 0.255 e. The summed E-state index contributed by atoms with van der Waals surface area (Å²) in [4.78, 5) is 5.42. The Morgan fingerprint density at radius 1 is 1.47 bits per heavy atom. The molecule has 0 saturated carbocycles. The van der Waals surface area contributed by atoms with Gasteiger partial charge in [-0.05, 0) is 18.6 Å². The predicted octanol–water partition coefficient (Wildman–Crippen LogP) is 1.17. The topological polar surface area (TPSA) is 62.4 Å². The Labute approximate surface area is 99.1 Å². The van der Waals surface area contributed by atoms with E-state index in [-0.39, 0.29) is 19.2 Å². The van der Waals surface area contributed by atoms with Crippen LogP contribution in [0.15, 0.2) is 18.3 Å². The summed E-state index contributed by atoms with van der Waals surface area (Å²) in [6.45, 7) is 1.32. The van der Waals surface area contributed by atoms with Gasteiger partial charge in [-0.25, -0.2) is 13.8 Å². The summed E-state index contributed by atoms with van der Waals surface area (Å²) in [5.41, 5.74) is 6.51. The summed E-state index contributed by atoms with van der Waals surface area (Å²) in [6, 6.07) is 3.25. The first-order chi connectivity index (χ1) is 8.04. The smallest absolute Gasteiger partial charge is 0.255 e. The molecule has 0 bridgehead atoms. The average molecular weight is 245 g/mol. The Hall–Kier alpha value is -1.27. The largest absolute Gasteiger partial charge is 0.395 e. The molecule has 4 nitrogen and oxygen atoms in total. The molecule has 1 aromatic heterocycles. The molecule has 96 valence electrons. The van der Waals surface area contributed by atoms with Crippen LogP contribution >= 0.6 is 0 Å². The average Bonchev–Trinajstić information content (AvgIpc) is 2.28. The van der Waals surface area contributed by atoms with Crippen LogP contribution in [0.1, 0.15) is 18.5 Å². The highest BCUT2D eigenvalue weighted by Gasteiger charge is 2.13. The van der Waals surface area contributed by atoms with E-state index in [2.05, 4.69) is 4.98 Å². The summed E-state index contributed by atoms with van der Waals surface area (Å²) >= 11 is 0. The highest BCUT2D eigenvalue weighted by molar-refractivity contribution is 5.39. The lowest BCUT2D eigenvalue weighted by atomic mass is 10.1. The van der Waals surface area contributed by atoms with E-state index in [1.54, 1.807) is 18.3 Å². The van der Waals surface area contributed by atoms with E-state index in [4.69, 9.17) is 10.8 Å². The number of rotatable bonds is 6. The van der Waals surface area contributed by atoms with Crippen molar-refractivity contribution in [1.82, 2.24) is 4.98 Å². The van der Waals surface area contributed by atoms with Crippen LogP contribution in [0.2, 0.25) is 0 Å². The van der Waals surface area contributed by atoms with Crippen LogP contribution in [-0.2, 0) is 0 Å². The number of hydrogen-bond donors (Lipinski definition) is 2. The number of aromatic nitrogens is 1. The van der Waals surface area contributed by atoms with E-state index in [9.17, 15) is 8.78 Å². The van der Waals surface area contributed by atoms with E-state index in [0.717, 1.165) is 5.56 Å². The van der Waals surface area contributed by atoms with E-state index in [1.165, 1.54) is 4.90 Å². The van der Waals surface area contributed by atoms with Crippen LogP contribution in [0.3, 0.4) is 0 Å². The van der Waals surface area contributed by atoms with Gasteiger partial charge >= 0.3 is 0 Å². The number of alkyl halides is 2. The fourth-order valence-electron chi connectivity index (χ4n) is 1.44. The first-order valence-electron chi connectivity index (χ1n) is 5.40. The molecule has 0 aliphatic rings. The molecule has 0 aliphatic carbocycles. The number of aliphatic hydroxyl groups excluding tert-OH is 1. The molecule has 6 heteroatoms. The first-order valence-corrected chi connectivity index (χ1v) is 5.40. The second-order valence-electron chi connectivity index (χ2n) is 3.80. The van der Waals surface area contributed by atoms with Crippen molar-refractivity contribution in [2.24, 2.45) is 5.73 Å². The summed E-state index contributed by atoms with van der Waals surface area (Å²) < 4.78 is 24.7. The highest BCUT2D eigenvalue weighted by Crippen LogP contribution is 2.15. The van der Waals surface area contributed by atoms with Crippen molar-refractivity contribution >= 4 is 5.82 Å². The Morgan fingerprint density at radius 2 is 2.18 bits per heavy atom. The van der Waals surface area contributed by atoms with Gasteiger partial charge in [0, 0.05) is 18.8 Å². The molecule has 1 rings (SSSR count). The lowest BCUT2D eigenvalue weighted by Crippen LogP contribution is -2.32. The number of halogens is 2. The minimum absolute atomic E-state index is 0.134. The number of hydrogen-bond acceptors (Lipinski definition) is 4. The SMILES string of the molecule is C[C@H](N)c1ccc(N(CCO)CC(F)F)nc1. The molecular formula is C11H17F2N3O. The standard InChI is InChI=1S/C11H17F2N3O/c1-8(14)9-2-3-11(15-6-9)16(4-5-17)7-10(12)13/h2-3,6,8,10,17H,4-5,7,14H2,1H3/t8-/m0/s1. The minimum atomic E-state index is -2.46. The summed E-state index contributed by atoms with van der Waals surface area (Å²) in [5, 5.41) is 8.82. The number of nitrogens with two attached hydrogens (primary N) is 1. The van der Waals surface area contributed by atoms with Crippen LogP contribution in [0.4, 0.5) is 14.6 Å². The number of anilines is 1. The number of aliphatic hydroxyl groups is 1. The monoisotopic (exact) mass is 245 g/mol. The molecule has 1 atom stereocenters. The third-order valence-corrected chi connectivity index (χ3v) is 2.35. The van der Waals surface area contributed by atoms with Crippen molar-refractivity contribution in [3.63, 3.8) is 0 Å². The van der Waals surface area contributed by atoms with Crippen LogP contribution in [0.5, 0.6) is 0 Å². The van der Waals surface area contributed by atoms with E-state index >= 15 is 0 Å². The molecule has 17 heavy (non-hydrogen) atoms. The van der Waals surface area contributed by atoms with Gasteiger partial charge in [0.05, 0.1) is 13.2 Å². The van der Waals surface area contributed by atoms with Crippen molar-refractivity contribution in [3.05, 3.63) is 23.9 Å². The molecule has 1 heterocycles. The van der Waals surface area contributed by atoms with Crippen LogP contribution in [0.25, 0.3) is 0 Å². The van der Waals surface area contributed by atoms with Crippen molar-refractivity contribution in [1.29, 1.82) is 0 Å². The van der Waals surface area contributed by atoms with Gasteiger partial charge in [-0.1, -0.05) is 6.07 Å². The lowest BCUT2D eigenvalue weighted by molar-refractivity contribution is 0.152. The fraction of sp³-hybridized carbons (Fsp3) is 0.545. The van der Waals surface area contributed by atoms with Crippen LogP contribution in [-0.4, -0.2) is 36.2 Å². The Bertz CT molecular complexity index is 330. The van der Waals surface area contributed by atoms with Crippen molar-refractivity contribution in [2.45, 2.75) is 19.4 Å². The first kappa shape index (κ1) is 13.8. The van der Waals surface area contributed by atoms with Gasteiger partial charge in [0.2, 0.25) is 0 Å². The Kier molecular flexibility index (Phi) is 5.24. The van der Waals surface area contributed by atoms with E-state index in [1.807, 2.05) is 6.92 Å². The van der Waals surface area contributed by atoms with Crippen LogP contribution in [0, 0.1) is 0 Å². The molecular weight excluding hydrogens is 228 g/mol. The summed E-state index contributed by atoms with van der Waals surface area (Å²) in [6.07, 6.45) is -0.896. The third kappa shape index (κ3) is 4.24. The van der Waals surface area contributed by atoms with Gasteiger partial charge in [-0.3, -0.25) is 0 Å². The van der Waals surface area contributed by atoms with Gasteiger partial charge < -0.3 is 15.7 Å². The summed E-state index contributed by atoms with van der Waals surface area (Å²) in [7, 11) is 0. The quantitative estimate of drug-likeness (QED) is 0.789. The molecule has 0 saturated heterocycles. The zero-order valence-electron chi connectivity index (χ0n) is 9.68. The number of nitrogens with zero attached hydrogens (tertiary/aromatic N) is 2. The highest BCUT2D eigenvalue weighted by atomic mass is 19.3. The third-order valence-electron chi connectivity index (χ3n) is 2.35. The minimum Gasteiger partial charge on any atom is -0.395 e. The molecule has 0 radical (unpaired) electrons. The normalized spacial score (nSPS) is 12.8. The van der Waals surface area contributed by atoms with Gasteiger partial charge in [0.25, 0.3) is 6.43 Å². The maximum atomic E-state index is 12.3. The second kappa shape index (κ2) is 6.46. The van der Waals surface area contributed by atoms with E-state index in [0.29, 0.717) is 5.82 Å². The maximum absolute atomic E-state index is 12.3.